The number of hydrogen-bond acceptors (Lipinski definition) is 8. The molecule has 1 unspecified atom stereocenters. The molecule has 0 bridgehead atoms. The molecule has 166 valence electrons. The van der Waals surface area contributed by atoms with E-state index in [9.17, 15) is 9.59 Å². The first-order valence-corrected chi connectivity index (χ1v) is 10.9. The van der Waals surface area contributed by atoms with Gasteiger partial charge in [0.25, 0.3) is 5.91 Å². The van der Waals surface area contributed by atoms with Gasteiger partial charge in [-0.05, 0) is 24.3 Å². The van der Waals surface area contributed by atoms with E-state index in [1.807, 2.05) is 0 Å². The van der Waals surface area contributed by atoms with E-state index in [-0.39, 0.29) is 5.69 Å². The molecule has 0 radical (unpaired) electrons. The third-order valence-corrected chi connectivity index (χ3v) is 5.59. The summed E-state index contributed by atoms with van der Waals surface area (Å²) < 4.78 is 10.7. The van der Waals surface area contributed by atoms with Crippen molar-refractivity contribution in [3.8, 4) is 16.6 Å². The monoisotopic (exact) mass is 480 g/mol. The van der Waals surface area contributed by atoms with Crippen molar-refractivity contribution in [1.29, 1.82) is 0 Å². The fraction of sp³-hybridized carbons (Fsp3) is 0.0870. The van der Waals surface area contributed by atoms with Gasteiger partial charge in [0.1, 0.15) is 5.75 Å². The Morgan fingerprint density at radius 1 is 1.06 bits per heavy atom. The van der Waals surface area contributed by atoms with E-state index >= 15 is 0 Å². The van der Waals surface area contributed by atoms with Gasteiger partial charge in [0.2, 0.25) is 6.10 Å². The lowest BCUT2D eigenvalue weighted by atomic mass is 10.1. The first kappa shape index (κ1) is 22.4. The lowest BCUT2D eigenvalue weighted by Gasteiger charge is -2.18. The molecule has 10 heteroatoms. The van der Waals surface area contributed by atoms with Crippen LogP contribution in [0.5, 0.6) is 5.75 Å². The van der Waals surface area contributed by atoms with Crippen molar-refractivity contribution in [3.05, 3.63) is 88.7 Å². The number of thiazole rings is 1. The summed E-state index contributed by atoms with van der Waals surface area (Å²) in [4.78, 5) is 38.4. The summed E-state index contributed by atoms with van der Waals surface area (Å²) >= 11 is 7.35. The van der Waals surface area contributed by atoms with Crippen molar-refractivity contribution >= 4 is 40.5 Å². The normalized spacial score (nSPS) is 11.5. The van der Waals surface area contributed by atoms with Crippen molar-refractivity contribution < 1.29 is 19.1 Å². The number of ether oxygens (including phenoxy) is 2. The summed E-state index contributed by atoms with van der Waals surface area (Å²) in [5.74, 6) is -0.416. The Morgan fingerprint density at radius 2 is 1.82 bits per heavy atom. The molecule has 0 aliphatic carbocycles. The zero-order valence-electron chi connectivity index (χ0n) is 17.3. The van der Waals surface area contributed by atoms with Crippen molar-refractivity contribution in [2.45, 2.75) is 6.10 Å². The number of carbonyl (C=O) groups is 2. The minimum Gasteiger partial charge on any atom is -0.495 e. The van der Waals surface area contributed by atoms with Crippen LogP contribution >= 0.6 is 22.9 Å². The fourth-order valence-electron chi connectivity index (χ4n) is 2.90. The van der Waals surface area contributed by atoms with Gasteiger partial charge in [0.15, 0.2) is 16.5 Å². The van der Waals surface area contributed by atoms with Crippen LogP contribution in [0.4, 0.5) is 5.69 Å². The molecule has 2 aromatic heterocycles. The molecule has 1 N–H and O–H groups in total. The molecular weight excluding hydrogens is 464 g/mol. The summed E-state index contributed by atoms with van der Waals surface area (Å²) in [5, 5.41) is 5.07. The molecule has 33 heavy (non-hydrogen) atoms. The average Bonchev–Trinajstić information content (AvgIpc) is 3.34. The summed E-state index contributed by atoms with van der Waals surface area (Å²) in [6, 6.07) is 15.2. The van der Waals surface area contributed by atoms with Gasteiger partial charge in [-0.2, -0.15) is 0 Å². The van der Waals surface area contributed by atoms with Crippen molar-refractivity contribution in [3.63, 3.8) is 0 Å². The average molecular weight is 481 g/mol. The molecule has 2 aromatic carbocycles. The van der Waals surface area contributed by atoms with Gasteiger partial charge in [-0.1, -0.05) is 41.9 Å². The first-order chi connectivity index (χ1) is 16.0. The van der Waals surface area contributed by atoms with Crippen LogP contribution in [0.1, 0.15) is 22.2 Å². The zero-order chi connectivity index (χ0) is 23.2. The van der Waals surface area contributed by atoms with Crippen molar-refractivity contribution in [2.24, 2.45) is 0 Å². The van der Waals surface area contributed by atoms with Crippen LogP contribution in [-0.4, -0.2) is 33.9 Å². The third-order valence-electron chi connectivity index (χ3n) is 4.46. The highest BCUT2D eigenvalue weighted by Gasteiger charge is 2.27. The number of esters is 1. The fourth-order valence-corrected chi connectivity index (χ4v) is 3.89. The molecule has 8 nitrogen and oxygen atoms in total. The van der Waals surface area contributed by atoms with Gasteiger partial charge in [-0.15, -0.1) is 11.3 Å². The number of anilines is 1. The lowest BCUT2D eigenvalue weighted by Crippen LogP contribution is -2.26. The Morgan fingerprint density at radius 3 is 2.52 bits per heavy atom. The molecule has 0 saturated carbocycles. The van der Waals surface area contributed by atoms with E-state index < -0.39 is 18.0 Å². The number of methoxy groups -OCH3 is 1. The minimum absolute atomic E-state index is 0.0590. The van der Waals surface area contributed by atoms with Crippen molar-refractivity contribution in [1.82, 2.24) is 15.0 Å². The zero-order valence-corrected chi connectivity index (χ0v) is 18.8. The second-order valence-corrected chi connectivity index (χ2v) is 7.91. The number of nitrogens with one attached hydrogen (secondary N) is 1. The maximum Gasteiger partial charge on any atom is 0.358 e. The van der Waals surface area contributed by atoms with E-state index in [2.05, 4.69) is 20.3 Å². The van der Waals surface area contributed by atoms with Gasteiger partial charge in [-0.25, -0.2) is 19.7 Å². The van der Waals surface area contributed by atoms with Gasteiger partial charge in [-0.3, -0.25) is 4.79 Å². The van der Waals surface area contributed by atoms with E-state index in [0.29, 0.717) is 32.9 Å². The quantitative estimate of drug-likeness (QED) is 0.379. The van der Waals surface area contributed by atoms with Gasteiger partial charge in [0.05, 0.1) is 12.1 Å². The summed E-state index contributed by atoms with van der Waals surface area (Å²) in [7, 11) is 1.50. The molecule has 1 amide bonds. The second kappa shape index (κ2) is 10.2. The predicted octanol–water partition coefficient (Wildman–Crippen LogP) is 4.80. The highest BCUT2D eigenvalue weighted by atomic mass is 35.5. The molecule has 0 saturated heterocycles. The Bertz CT molecular complexity index is 1270. The van der Waals surface area contributed by atoms with E-state index in [4.69, 9.17) is 21.1 Å². The molecule has 0 spiro atoms. The topological polar surface area (TPSA) is 103 Å². The number of amides is 1. The maximum absolute atomic E-state index is 13.1. The summed E-state index contributed by atoms with van der Waals surface area (Å²) in [6.45, 7) is 0. The molecule has 0 fully saturated rings. The van der Waals surface area contributed by atoms with E-state index in [0.717, 1.165) is 0 Å². The van der Waals surface area contributed by atoms with Crippen LogP contribution in [0.25, 0.3) is 10.8 Å². The van der Waals surface area contributed by atoms with E-state index in [1.54, 1.807) is 67.0 Å². The van der Waals surface area contributed by atoms with Crippen LogP contribution < -0.4 is 10.1 Å². The number of rotatable bonds is 7. The number of benzene rings is 2. The standard InChI is InChI=1S/C23H17ClN4O4S/c1-31-18-9-8-15(12-16(18)24)27-21(29)19(14-6-3-2-4-7-14)32-23(30)17-13-33-22(28-17)20-25-10-5-11-26-20/h2-13,19H,1H3,(H,27,29). The van der Waals surface area contributed by atoms with Crippen LogP contribution in [0, 0.1) is 0 Å². The van der Waals surface area contributed by atoms with Gasteiger partial charge in [0, 0.05) is 29.0 Å². The highest BCUT2D eigenvalue weighted by Crippen LogP contribution is 2.29. The smallest absolute Gasteiger partial charge is 0.358 e. The number of aromatic nitrogens is 3. The SMILES string of the molecule is COc1ccc(NC(=O)C(OC(=O)c2csc(-c3ncccn3)n2)c2ccccc2)cc1Cl. The molecule has 4 aromatic rings. The Balaban J connectivity index is 1.55. The van der Waals surface area contributed by atoms with Crippen molar-refractivity contribution in [2.75, 3.05) is 12.4 Å². The molecule has 0 aliphatic rings. The number of nitrogens with zero attached hydrogens (tertiary/aromatic N) is 3. The number of carbonyl (C=O) groups excluding carboxylic acids is 2. The molecule has 4 rings (SSSR count). The molecule has 0 aliphatic heterocycles. The second-order valence-electron chi connectivity index (χ2n) is 6.64. The van der Waals surface area contributed by atoms with Crippen LogP contribution in [0.3, 0.4) is 0 Å². The predicted molar refractivity (Wildman–Crippen MR) is 124 cm³/mol. The minimum atomic E-state index is -1.21. The van der Waals surface area contributed by atoms with Crippen LogP contribution in [0.15, 0.2) is 72.4 Å². The third kappa shape index (κ3) is 5.33. The Hall–Kier alpha value is -3.82. The largest absolute Gasteiger partial charge is 0.495 e. The maximum atomic E-state index is 13.1. The highest BCUT2D eigenvalue weighted by molar-refractivity contribution is 7.13. The molecule has 2 heterocycles. The Kier molecular flexibility index (Phi) is 6.92. The summed E-state index contributed by atoms with van der Waals surface area (Å²) in [5.41, 5.74) is 0.994. The lowest BCUT2D eigenvalue weighted by molar-refractivity contribution is -0.125. The Labute approximate surface area is 198 Å². The van der Waals surface area contributed by atoms with Crippen LogP contribution in [0.2, 0.25) is 5.02 Å². The first-order valence-electron chi connectivity index (χ1n) is 9.68. The van der Waals surface area contributed by atoms with E-state index in [1.165, 1.54) is 23.8 Å². The number of halogens is 1. The molecular formula is C23H17ClN4O4S. The van der Waals surface area contributed by atoms with Gasteiger partial charge < -0.3 is 14.8 Å². The summed E-state index contributed by atoms with van der Waals surface area (Å²) in [6.07, 6.45) is 1.96. The molecule has 1 atom stereocenters. The van der Waals surface area contributed by atoms with Crippen LogP contribution in [-0.2, 0) is 9.53 Å². The van der Waals surface area contributed by atoms with Gasteiger partial charge >= 0.3 is 5.97 Å². The number of hydrogen-bond donors (Lipinski definition) is 1.